The van der Waals surface area contributed by atoms with Crippen LogP contribution in [0, 0.1) is 0 Å². The van der Waals surface area contributed by atoms with Crippen LogP contribution in [0.15, 0.2) is 140 Å². The van der Waals surface area contributed by atoms with Gasteiger partial charge in [-0.15, -0.1) is 0 Å². The van der Waals surface area contributed by atoms with Crippen molar-refractivity contribution in [3.05, 3.63) is 151 Å². The lowest BCUT2D eigenvalue weighted by molar-refractivity contribution is 1.28. The molecular formula is C36H26N4. The van der Waals surface area contributed by atoms with Crippen molar-refractivity contribution < 1.29 is 0 Å². The molecule has 7 aromatic rings. The van der Waals surface area contributed by atoms with Crippen LogP contribution in [-0.2, 0) is 0 Å². The molecule has 40 heavy (non-hydrogen) atoms. The van der Waals surface area contributed by atoms with Crippen LogP contribution < -0.4 is 4.90 Å². The highest BCUT2D eigenvalue weighted by Crippen LogP contribution is 2.34. The molecule has 0 atom stereocenters. The number of aromatic nitrogens is 3. The Hall–Kier alpha value is -5.48. The van der Waals surface area contributed by atoms with E-state index in [-0.39, 0.29) is 0 Å². The average molecular weight is 515 g/mol. The first-order valence-electron chi connectivity index (χ1n) is 13.4. The van der Waals surface area contributed by atoms with Gasteiger partial charge in [0.1, 0.15) is 5.82 Å². The van der Waals surface area contributed by atoms with Crippen molar-refractivity contribution in [2.45, 2.75) is 0 Å². The highest BCUT2D eigenvalue weighted by atomic mass is 15.1. The van der Waals surface area contributed by atoms with Gasteiger partial charge in [-0.3, -0.25) is 0 Å². The van der Waals surface area contributed by atoms with Gasteiger partial charge in [-0.2, -0.15) is 0 Å². The fourth-order valence-electron chi connectivity index (χ4n) is 5.04. The third-order valence-electron chi connectivity index (χ3n) is 7.01. The Morgan fingerprint density at radius 2 is 1.20 bits per heavy atom. The van der Waals surface area contributed by atoms with E-state index in [4.69, 9.17) is 9.97 Å². The molecule has 4 heteroatoms. The number of nitrogens with one attached hydrogen (secondary N) is 1. The summed E-state index contributed by atoms with van der Waals surface area (Å²) in [6.07, 6.45) is 4.17. The summed E-state index contributed by atoms with van der Waals surface area (Å²) in [5, 5.41) is 1.08. The quantitative estimate of drug-likeness (QED) is 0.240. The molecule has 0 bridgehead atoms. The standard InChI is InChI=1S/C36H26N4/c1-3-11-29(12-4-1)40(30-13-5-2-6-14-30)31-24-19-26(20-25-31)18-22-28-23-21-27-10-9-15-32(35(27)37-28)36-38-33-16-7-8-17-34(33)39-36/h1-25H,(H,38,39). The first-order valence-corrected chi connectivity index (χ1v) is 13.4. The molecule has 0 aliphatic rings. The van der Waals surface area contributed by atoms with Gasteiger partial charge >= 0.3 is 0 Å². The van der Waals surface area contributed by atoms with E-state index in [9.17, 15) is 0 Å². The topological polar surface area (TPSA) is 44.8 Å². The van der Waals surface area contributed by atoms with Gasteiger partial charge in [-0.05, 0) is 72.3 Å². The summed E-state index contributed by atoms with van der Waals surface area (Å²) in [6.45, 7) is 0. The molecule has 2 heterocycles. The van der Waals surface area contributed by atoms with Gasteiger partial charge in [-0.25, -0.2) is 9.97 Å². The van der Waals surface area contributed by atoms with E-state index < -0.39 is 0 Å². The Labute approximate surface area is 232 Å². The molecule has 0 saturated heterocycles. The minimum atomic E-state index is 0.831. The molecular weight excluding hydrogens is 488 g/mol. The Balaban J connectivity index is 1.19. The lowest BCUT2D eigenvalue weighted by atomic mass is 10.1. The molecule has 4 nitrogen and oxygen atoms in total. The van der Waals surface area contributed by atoms with Gasteiger partial charge in [0.15, 0.2) is 0 Å². The number of H-pyrrole nitrogens is 1. The van der Waals surface area contributed by atoms with Crippen molar-refractivity contribution in [1.82, 2.24) is 15.0 Å². The summed E-state index contributed by atoms with van der Waals surface area (Å²) >= 11 is 0. The zero-order valence-electron chi connectivity index (χ0n) is 21.8. The van der Waals surface area contributed by atoms with Crippen molar-refractivity contribution in [3.8, 4) is 11.4 Å². The molecule has 0 amide bonds. The maximum Gasteiger partial charge on any atom is 0.140 e. The second-order valence-corrected chi connectivity index (χ2v) is 9.65. The molecule has 7 rings (SSSR count). The predicted octanol–water partition coefficient (Wildman–Crippen LogP) is 9.42. The summed E-state index contributed by atoms with van der Waals surface area (Å²) in [7, 11) is 0. The van der Waals surface area contributed by atoms with E-state index in [1.165, 1.54) is 0 Å². The second kappa shape index (κ2) is 10.4. The molecule has 0 aliphatic heterocycles. The van der Waals surface area contributed by atoms with E-state index >= 15 is 0 Å². The van der Waals surface area contributed by atoms with Crippen molar-refractivity contribution >= 4 is 51.2 Å². The van der Waals surface area contributed by atoms with Crippen LogP contribution in [0.3, 0.4) is 0 Å². The van der Waals surface area contributed by atoms with E-state index in [1.54, 1.807) is 0 Å². The maximum absolute atomic E-state index is 5.01. The van der Waals surface area contributed by atoms with Crippen LogP contribution in [-0.4, -0.2) is 15.0 Å². The fraction of sp³-hybridized carbons (Fsp3) is 0. The summed E-state index contributed by atoms with van der Waals surface area (Å²) < 4.78 is 0. The van der Waals surface area contributed by atoms with Crippen molar-refractivity contribution in [2.24, 2.45) is 0 Å². The van der Waals surface area contributed by atoms with Crippen LogP contribution in [0.5, 0.6) is 0 Å². The number of hydrogen-bond acceptors (Lipinski definition) is 3. The Kier molecular flexibility index (Phi) is 6.11. The summed E-state index contributed by atoms with van der Waals surface area (Å²) in [6, 6.07) is 48.0. The second-order valence-electron chi connectivity index (χ2n) is 9.65. The number of fused-ring (bicyclic) bond motifs is 2. The minimum absolute atomic E-state index is 0.831. The smallest absolute Gasteiger partial charge is 0.140 e. The maximum atomic E-state index is 5.01. The Morgan fingerprint density at radius 3 is 1.93 bits per heavy atom. The summed E-state index contributed by atoms with van der Waals surface area (Å²) in [5.41, 5.74) is 9.26. The highest BCUT2D eigenvalue weighted by Gasteiger charge is 2.12. The molecule has 0 fully saturated rings. The lowest BCUT2D eigenvalue weighted by Gasteiger charge is -2.25. The summed E-state index contributed by atoms with van der Waals surface area (Å²) in [5.74, 6) is 0.831. The van der Waals surface area contributed by atoms with E-state index in [0.717, 1.165) is 61.6 Å². The Bertz CT molecular complexity index is 1870. The van der Waals surface area contributed by atoms with Crippen molar-refractivity contribution in [1.29, 1.82) is 0 Å². The van der Waals surface area contributed by atoms with Gasteiger partial charge in [0.05, 0.1) is 22.2 Å². The first kappa shape index (κ1) is 23.6. The third-order valence-corrected chi connectivity index (χ3v) is 7.01. The molecule has 190 valence electrons. The molecule has 0 unspecified atom stereocenters. The molecule has 1 N–H and O–H groups in total. The molecule has 0 saturated carbocycles. The van der Waals surface area contributed by atoms with E-state index in [0.29, 0.717) is 0 Å². The minimum Gasteiger partial charge on any atom is -0.338 e. The molecule has 5 aromatic carbocycles. The number of rotatable bonds is 6. The first-order chi connectivity index (χ1) is 19.8. The van der Waals surface area contributed by atoms with Crippen molar-refractivity contribution in [3.63, 3.8) is 0 Å². The van der Waals surface area contributed by atoms with Gasteiger partial charge in [0.2, 0.25) is 0 Å². The zero-order chi connectivity index (χ0) is 26.7. The molecule has 2 aromatic heterocycles. The van der Waals surface area contributed by atoms with Crippen LogP contribution in [0.25, 0.3) is 45.5 Å². The SMILES string of the molecule is C(=Cc1ccc2cccc(-c3nc4ccccc4[nH]3)c2n1)c1ccc(N(c2ccccc2)c2ccccc2)cc1. The number of hydrogen-bond donors (Lipinski definition) is 1. The van der Waals surface area contributed by atoms with Crippen LogP contribution in [0.4, 0.5) is 17.1 Å². The van der Waals surface area contributed by atoms with Crippen LogP contribution in [0.1, 0.15) is 11.3 Å². The fourth-order valence-corrected chi connectivity index (χ4v) is 5.04. The van der Waals surface area contributed by atoms with Gasteiger partial charge < -0.3 is 9.88 Å². The van der Waals surface area contributed by atoms with Crippen molar-refractivity contribution in [2.75, 3.05) is 4.90 Å². The number of pyridine rings is 1. The number of nitrogens with zero attached hydrogens (tertiary/aromatic N) is 3. The number of benzene rings is 5. The largest absolute Gasteiger partial charge is 0.338 e. The number of imidazole rings is 1. The van der Waals surface area contributed by atoms with E-state index in [2.05, 4.69) is 125 Å². The predicted molar refractivity (Wildman–Crippen MR) is 167 cm³/mol. The van der Waals surface area contributed by atoms with Gasteiger partial charge in [0.25, 0.3) is 0 Å². The number of aromatic amines is 1. The summed E-state index contributed by atoms with van der Waals surface area (Å²) in [4.78, 5) is 15.5. The average Bonchev–Trinajstić information content (AvgIpc) is 3.46. The highest BCUT2D eigenvalue weighted by molar-refractivity contribution is 5.94. The molecule has 0 aliphatic carbocycles. The zero-order valence-corrected chi connectivity index (χ0v) is 21.8. The molecule has 0 radical (unpaired) electrons. The monoisotopic (exact) mass is 514 g/mol. The van der Waals surface area contributed by atoms with Gasteiger partial charge in [-0.1, -0.05) is 84.9 Å². The van der Waals surface area contributed by atoms with Crippen LogP contribution >= 0.6 is 0 Å². The lowest BCUT2D eigenvalue weighted by Crippen LogP contribution is -2.09. The Morgan fingerprint density at radius 1 is 0.525 bits per heavy atom. The number of para-hydroxylation sites is 5. The van der Waals surface area contributed by atoms with Gasteiger partial charge in [0, 0.05) is 28.0 Å². The molecule has 0 spiro atoms. The third kappa shape index (κ3) is 4.63. The number of anilines is 3. The van der Waals surface area contributed by atoms with Crippen LogP contribution in [0.2, 0.25) is 0 Å². The normalized spacial score (nSPS) is 11.4. The van der Waals surface area contributed by atoms with E-state index in [1.807, 2.05) is 36.4 Å².